The van der Waals surface area contributed by atoms with E-state index in [1.807, 2.05) is 0 Å². The molecule has 1 aliphatic carbocycles. The lowest BCUT2D eigenvalue weighted by Crippen LogP contribution is -2.48. The zero-order valence-electron chi connectivity index (χ0n) is 7.47. The van der Waals surface area contributed by atoms with Crippen LogP contribution in [-0.2, 0) is 4.79 Å². The minimum Gasteiger partial charge on any atom is -0.480 e. The Bertz CT molecular complexity index is 286. The molecule has 2 amide bonds. The van der Waals surface area contributed by atoms with Gasteiger partial charge >= 0.3 is 12.0 Å². The summed E-state index contributed by atoms with van der Waals surface area (Å²) in [6.07, 6.45) is 0.982. The molecule has 0 aromatic rings. The third kappa shape index (κ3) is 2.73. The van der Waals surface area contributed by atoms with Gasteiger partial charge in [-0.1, -0.05) is 22.5 Å². The number of aliphatic carboxylic acids is 1. The van der Waals surface area contributed by atoms with Crippen molar-refractivity contribution in [3.8, 4) is 0 Å². The molecule has 3 N–H and O–H groups in total. The Hall–Kier alpha value is -1.04. The molecule has 0 aromatic carbocycles. The molecular formula is C8H11BrN2O3. The summed E-state index contributed by atoms with van der Waals surface area (Å²) in [4.78, 5) is 21.8. The van der Waals surface area contributed by atoms with E-state index in [0.717, 1.165) is 0 Å². The van der Waals surface area contributed by atoms with E-state index < -0.39 is 17.5 Å². The topological polar surface area (TPSA) is 78.4 Å². The van der Waals surface area contributed by atoms with E-state index >= 15 is 0 Å². The van der Waals surface area contributed by atoms with Gasteiger partial charge in [0.1, 0.15) is 5.54 Å². The first-order valence-electron chi connectivity index (χ1n) is 4.09. The standard InChI is InChI=1S/C8H11BrN2O3/c1-5(9)4-10-7(14)11-8(2-3-8)6(12)13/h1-4H2,(H,12,13)(H2,10,11,14). The molecule has 78 valence electrons. The van der Waals surface area contributed by atoms with Crippen LogP contribution in [0.5, 0.6) is 0 Å². The summed E-state index contributed by atoms with van der Waals surface area (Å²) in [5, 5.41) is 13.6. The molecule has 0 aliphatic heterocycles. The van der Waals surface area contributed by atoms with Gasteiger partial charge in [-0.25, -0.2) is 9.59 Å². The Balaban J connectivity index is 2.34. The molecule has 0 unspecified atom stereocenters. The number of urea groups is 1. The van der Waals surface area contributed by atoms with Gasteiger partial charge in [0.05, 0.1) is 6.54 Å². The van der Waals surface area contributed by atoms with Crippen molar-refractivity contribution in [3.63, 3.8) is 0 Å². The molecule has 1 aliphatic rings. The largest absolute Gasteiger partial charge is 0.480 e. The zero-order valence-corrected chi connectivity index (χ0v) is 9.06. The molecule has 0 spiro atoms. The van der Waals surface area contributed by atoms with E-state index in [0.29, 0.717) is 17.3 Å². The number of amides is 2. The van der Waals surface area contributed by atoms with Gasteiger partial charge in [-0.3, -0.25) is 0 Å². The lowest BCUT2D eigenvalue weighted by Gasteiger charge is -2.12. The molecule has 5 nitrogen and oxygen atoms in total. The van der Waals surface area contributed by atoms with Gasteiger partial charge in [-0.05, 0) is 12.8 Å². The summed E-state index contributed by atoms with van der Waals surface area (Å²) in [6.45, 7) is 3.81. The van der Waals surface area contributed by atoms with Crippen molar-refractivity contribution in [2.45, 2.75) is 18.4 Å². The number of carbonyl (C=O) groups excluding carboxylic acids is 1. The van der Waals surface area contributed by atoms with Crippen molar-refractivity contribution in [1.29, 1.82) is 0 Å². The van der Waals surface area contributed by atoms with Crippen LogP contribution >= 0.6 is 15.9 Å². The Morgan fingerprint density at radius 2 is 2.07 bits per heavy atom. The number of hydrogen-bond donors (Lipinski definition) is 3. The second kappa shape index (κ2) is 4.00. The molecule has 0 aromatic heterocycles. The SMILES string of the molecule is C=C(Br)CNC(=O)NC1(C(=O)O)CC1. The number of nitrogens with one attached hydrogen (secondary N) is 2. The third-order valence-electron chi connectivity index (χ3n) is 1.95. The van der Waals surface area contributed by atoms with Gasteiger partial charge in [0.2, 0.25) is 0 Å². The highest BCUT2D eigenvalue weighted by Crippen LogP contribution is 2.35. The normalized spacial score (nSPS) is 16.9. The molecule has 6 heteroatoms. The number of carboxylic acid groups (broad SMARTS) is 1. The first kappa shape index (κ1) is 11.0. The summed E-state index contributed by atoms with van der Waals surface area (Å²) in [5.74, 6) is -0.981. The van der Waals surface area contributed by atoms with Gasteiger partial charge in [0.25, 0.3) is 0 Å². The number of halogens is 1. The molecule has 0 radical (unpaired) electrons. The lowest BCUT2D eigenvalue weighted by molar-refractivity contribution is -0.140. The Morgan fingerprint density at radius 3 is 2.43 bits per heavy atom. The molecule has 0 atom stereocenters. The molecule has 1 rings (SSSR count). The average molecular weight is 263 g/mol. The molecule has 14 heavy (non-hydrogen) atoms. The second-order valence-corrected chi connectivity index (χ2v) is 4.33. The van der Waals surface area contributed by atoms with Crippen LogP contribution in [0.25, 0.3) is 0 Å². The lowest BCUT2D eigenvalue weighted by atomic mass is 10.3. The molecule has 0 saturated heterocycles. The highest BCUT2D eigenvalue weighted by atomic mass is 79.9. The fraction of sp³-hybridized carbons (Fsp3) is 0.500. The maximum atomic E-state index is 11.2. The zero-order chi connectivity index (χ0) is 10.8. The average Bonchev–Trinajstić information content (AvgIpc) is 2.82. The maximum absolute atomic E-state index is 11.2. The van der Waals surface area contributed by atoms with Crippen LogP contribution in [-0.4, -0.2) is 29.2 Å². The minimum absolute atomic E-state index is 0.279. The number of carboxylic acids is 1. The van der Waals surface area contributed by atoms with Crippen LogP contribution in [0.3, 0.4) is 0 Å². The molecule has 0 heterocycles. The predicted molar refractivity (Wildman–Crippen MR) is 54.2 cm³/mol. The number of carbonyl (C=O) groups is 2. The highest BCUT2D eigenvalue weighted by Gasteiger charge is 2.51. The van der Waals surface area contributed by atoms with Crippen molar-refractivity contribution in [2.24, 2.45) is 0 Å². The van der Waals surface area contributed by atoms with E-state index in [-0.39, 0.29) is 6.54 Å². The van der Waals surface area contributed by atoms with Crippen molar-refractivity contribution in [2.75, 3.05) is 6.54 Å². The van der Waals surface area contributed by atoms with Crippen LogP contribution in [0.4, 0.5) is 4.79 Å². The van der Waals surface area contributed by atoms with Crippen LogP contribution in [0.15, 0.2) is 11.1 Å². The van der Waals surface area contributed by atoms with E-state index in [1.165, 1.54) is 0 Å². The summed E-state index contributed by atoms with van der Waals surface area (Å²) in [6, 6.07) is -0.481. The fourth-order valence-corrected chi connectivity index (χ4v) is 1.10. The van der Waals surface area contributed by atoms with Gasteiger partial charge in [0, 0.05) is 4.48 Å². The summed E-state index contributed by atoms with van der Waals surface area (Å²) < 4.78 is 0.632. The van der Waals surface area contributed by atoms with Crippen LogP contribution in [0, 0.1) is 0 Å². The van der Waals surface area contributed by atoms with Gasteiger partial charge < -0.3 is 15.7 Å². The van der Waals surface area contributed by atoms with Crippen molar-refractivity contribution >= 4 is 27.9 Å². The highest BCUT2D eigenvalue weighted by molar-refractivity contribution is 9.11. The van der Waals surface area contributed by atoms with E-state index in [2.05, 4.69) is 33.1 Å². The smallest absolute Gasteiger partial charge is 0.329 e. The van der Waals surface area contributed by atoms with E-state index in [4.69, 9.17) is 5.11 Å². The fourth-order valence-electron chi connectivity index (χ4n) is 0.955. The second-order valence-electron chi connectivity index (χ2n) is 3.21. The predicted octanol–water partition coefficient (Wildman–Crippen LogP) is 0.811. The molecule has 1 fully saturated rings. The quantitative estimate of drug-likeness (QED) is 0.702. The van der Waals surface area contributed by atoms with E-state index in [9.17, 15) is 9.59 Å². The van der Waals surface area contributed by atoms with E-state index in [1.54, 1.807) is 0 Å². The summed E-state index contributed by atoms with van der Waals surface area (Å²) in [5.41, 5.74) is -1.03. The van der Waals surface area contributed by atoms with Crippen molar-refractivity contribution in [3.05, 3.63) is 11.1 Å². The van der Waals surface area contributed by atoms with Gasteiger partial charge in [0.15, 0.2) is 0 Å². The van der Waals surface area contributed by atoms with Crippen LogP contribution < -0.4 is 10.6 Å². The first-order chi connectivity index (χ1) is 6.46. The summed E-state index contributed by atoms with van der Waals surface area (Å²) in [7, 11) is 0. The maximum Gasteiger partial charge on any atom is 0.329 e. The number of rotatable bonds is 4. The first-order valence-corrected chi connectivity index (χ1v) is 4.88. The molecule has 0 bridgehead atoms. The van der Waals surface area contributed by atoms with Gasteiger partial charge in [-0.2, -0.15) is 0 Å². The molecule has 1 saturated carbocycles. The molecular weight excluding hydrogens is 252 g/mol. The Labute approximate surface area is 89.7 Å². The minimum atomic E-state index is -1.03. The van der Waals surface area contributed by atoms with Crippen LogP contribution in [0.2, 0.25) is 0 Å². The Kier molecular flexibility index (Phi) is 3.15. The third-order valence-corrected chi connectivity index (χ3v) is 2.23. The monoisotopic (exact) mass is 262 g/mol. The van der Waals surface area contributed by atoms with Gasteiger partial charge in [-0.15, -0.1) is 0 Å². The van der Waals surface area contributed by atoms with Crippen molar-refractivity contribution < 1.29 is 14.7 Å². The Morgan fingerprint density at radius 1 is 1.50 bits per heavy atom. The van der Waals surface area contributed by atoms with Crippen LogP contribution in [0.1, 0.15) is 12.8 Å². The summed E-state index contributed by atoms with van der Waals surface area (Å²) >= 11 is 3.07. The van der Waals surface area contributed by atoms with Crippen molar-refractivity contribution in [1.82, 2.24) is 10.6 Å². The number of hydrogen-bond acceptors (Lipinski definition) is 2.